The second kappa shape index (κ2) is 16.9. The van der Waals surface area contributed by atoms with E-state index in [1.54, 1.807) is 0 Å². The largest absolute Gasteiger partial charge is 0.395 e. The molecule has 1 atom stereocenters. The van der Waals surface area contributed by atoms with Gasteiger partial charge < -0.3 is 15.5 Å². The zero-order valence-electron chi connectivity index (χ0n) is 13.6. The van der Waals surface area contributed by atoms with Crippen LogP contribution in [0.5, 0.6) is 0 Å². The summed E-state index contributed by atoms with van der Waals surface area (Å²) in [6.07, 6.45) is 15.4. The first-order chi connectivity index (χ1) is 9.81. The van der Waals surface area contributed by atoms with E-state index in [0.29, 0.717) is 13.1 Å². The number of hydrogen-bond acceptors (Lipinski definition) is 3. The highest BCUT2D eigenvalue weighted by molar-refractivity contribution is 4.59. The molecule has 0 bridgehead atoms. The van der Waals surface area contributed by atoms with Gasteiger partial charge in [0.05, 0.1) is 12.7 Å². The van der Waals surface area contributed by atoms with Crippen molar-refractivity contribution in [3.8, 4) is 0 Å². The molecule has 0 spiro atoms. The highest BCUT2D eigenvalue weighted by Crippen LogP contribution is 2.12. The van der Waals surface area contributed by atoms with Crippen LogP contribution < -0.4 is 5.32 Å². The van der Waals surface area contributed by atoms with Gasteiger partial charge in [0.1, 0.15) is 0 Å². The molecule has 20 heavy (non-hydrogen) atoms. The number of nitrogens with one attached hydrogen (secondary N) is 1. The molecule has 0 aromatic heterocycles. The second-order valence-corrected chi connectivity index (χ2v) is 5.91. The van der Waals surface area contributed by atoms with Gasteiger partial charge in [0.25, 0.3) is 0 Å². The SMILES string of the molecule is CCCCCCCCCCCCCC(O)CNCCO. The number of aliphatic hydroxyl groups excluding tert-OH is 2. The first kappa shape index (κ1) is 19.9. The van der Waals surface area contributed by atoms with Crippen molar-refractivity contribution in [1.29, 1.82) is 0 Å². The predicted octanol–water partition coefficient (Wildman–Crippen LogP) is 3.63. The highest BCUT2D eigenvalue weighted by Gasteiger charge is 2.02. The fraction of sp³-hybridized carbons (Fsp3) is 1.00. The molecule has 3 nitrogen and oxygen atoms in total. The summed E-state index contributed by atoms with van der Waals surface area (Å²) >= 11 is 0. The fourth-order valence-corrected chi connectivity index (χ4v) is 2.49. The van der Waals surface area contributed by atoms with E-state index in [9.17, 15) is 5.11 Å². The summed E-state index contributed by atoms with van der Waals surface area (Å²) in [6.45, 7) is 3.60. The predicted molar refractivity (Wildman–Crippen MR) is 87.0 cm³/mol. The average molecular weight is 287 g/mol. The van der Waals surface area contributed by atoms with Gasteiger partial charge >= 0.3 is 0 Å². The molecule has 0 saturated carbocycles. The Morgan fingerprint density at radius 1 is 0.800 bits per heavy atom. The minimum Gasteiger partial charge on any atom is -0.395 e. The van der Waals surface area contributed by atoms with E-state index < -0.39 is 0 Å². The van der Waals surface area contributed by atoms with Crippen LogP contribution in [0.2, 0.25) is 0 Å². The maximum absolute atomic E-state index is 9.68. The third kappa shape index (κ3) is 15.9. The lowest BCUT2D eigenvalue weighted by Crippen LogP contribution is -2.28. The third-order valence-electron chi connectivity index (χ3n) is 3.81. The van der Waals surface area contributed by atoms with Crippen LogP contribution in [0.3, 0.4) is 0 Å². The lowest BCUT2D eigenvalue weighted by Gasteiger charge is -2.10. The molecule has 0 aromatic carbocycles. The summed E-state index contributed by atoms with van der Waals surface area (Å²) in [5, 5.41) is 21.3. The topological polar surface area (TPSA) is 52.5 Å². The average Bonchev–Trinajstić information content (AvgIpc) is 2.45. The van der Waals surface area contributed by atoms with Crippen molar-refractivity contribution in [3.63, 3.8) is 0 Å². The summed E-state index contributed by atoms with van der Waals surface area (Å²) in [6, 6.07) is 0. The monoisotopic (exact) mass is 287 g/mol. The van der Waals surface area contributed by atoms with Crippen molar-refractivity contribution in [2.24, 2.45) is 0 Å². The Kier molecular flexibility index (Phi) is 16.8. The van der Waals surface area contributed by atoms with Crippen LogP contribution in [0.25, 0.3) is 0 Å². The minimum absolute atomic E-state index is 0.144. The summed E-state index contributed by atoms with van der Waals surface area (Å²) < 4.78 is 0. The van der Waals surface area contributed by atoms with Crippen LogP contribution in [0.15, 0.2) is 0 Å². The second-order valence-electron chi connectivity index (χ2n) is 5.91. The van der Waals surface area contributed by atoms with Crippen LogP contribution in [0.1, 0.15) is 84.0 Å². The van der Waals surface area contributed by atoms with Crippen LogP contribution in [0, 0.1) is 0 Å². The number of hydrogen-bond donors (Lipinski definition) is 3. The Morgan fingerprint density at radius 2 is 1.30 bits per heavy atom. The van der Waals surface area contributed by atoms with Gasteiger partial charge in [-0.25, -0.2) is 0 Å². The van der Waals surface area contributed by atoms with Crippen molar-refractivity contribution in [2.45, 2.75) is 90.1 Å². The van der Waals surface area contributed by atoms with Crippen LogP contribution in [-0.4, -0.2) is 36.0 Å². The van der Waals surface area contributed by atoms with Crippen molar-refractivity contribution < 1.29 is 10.2 Å². The van der Waals surface area contributed by atoms with Crippen LogP contribution in [-0.2, 0) is 0 Å². The number of rotatable bonds is 16. The van der Waals surface area contributed by atoms with Crippen LogP contribution in [0.4, 0.5) is 0 Å². The van der Waals surface area contributed by atoms with E-state index in [0.717, 1.165) is 12.8 Å². The van der Waals surface area contributed by atoms with Gasteiger partial charge in [0.15, 0.2) is 0 Å². The van der Waals surface area contributed by atoms with E-state index in [1.807, 2.05) is 0 Å². The fourth-order valence-electron chi connectivity index (χ4n) is 2.49. The maximum Gasteiger partial charge on any atom is 0.0664 e. The molecule has 0 radical (unpaired) electrons. The smallest absolute Gasteiger partial charge is 0.0664 e. The molecule has 0 fully saturated rings. The lowest BCUT2D eigenvalue weighted by molar-refractivity contribution is 0.155. The molecule has 0 amide bonds. The Morgan fingerprint density at radius 3 is 1.80 bits per heavy atom. The molecular weight excluding hydrogens is 250 g/mol. The molecule has 0 heterocycles. The molecule has 0 aliphatic rings. The zero-order chi connectivity index (χ0) is 14.9. The van der Waals surface area contributed by atoms with E-state index >= 15 is 0 Å². The normalized spacial score (nSPS) is 12.8. The Balaban J connectivity index is 3.05. The molecule has 0 rings (SSSR count). The molecule has 122 valence electrons. The lowest BCUT2D eigenvalue weighted by atomic mass is 10.0. The Hall–Kier alpha value is -0.120. The molecule has 3 heteroatoms. The zero-order valence-corrected chi connectivity index (χ0v) is 13.6. The molecular formula is C17H37NO2. The summed E-state index contributed by atoms with van der Waals surface area (Å²) in [7, 11) is 0. The maximum atomic E-state index is 9.68. The van der Waals surface area contributed by atoms with E-state index in [1.165, 1.54) is 64.2 Å². The Labute approximate surface area is 126 Å². The first-order valence-corrected chi connectivity index (χ1v) is 8.81. The van der Waals surface area contributed by atoms with Gasteiger partial charge in [-0.3, -0.25) is 0 Å². The summed E-state index contributed by atoms with van der Waals surface area (Å²) in [4.78, 5) is 0. The van der Waals surface area contributed by atoms with Crippen molar-refractivity contribution in [1.82, 2.24) is 5.32 Å². The quantitative estimate of drug-likeness (QED) is 0.380. The van der Waals surface area contributed by atoms with Crippen molar-refractivity contribution >= 4 is 0 Å². The van der Waals surface area contributed by atoms with Gasteiger partial charge in [0.2, 0.25) is 0 Å². The number of aliphatic hydroxyl groups is 2. The van der Waals surface area contributed by atoms with Gasteiger partial charge in [-0.2, -0.15) is 0 Å². The molecule has 0 aromatic rings. The van der Waals surface area contributed by atoms with E-state index in [4.69, 9.17) is 5.11 Å². The molecule has 3 N–H and O–H groups in total. The van der Waals surface area contributed by atoms with Gasteiger partial charge in [-0.05, 0) is 6.42 Å². The van der Waals surface area contributed by atoms with Gasteiger partial charge in [0, 0.05) is 13.1 Å². The summed E-state index contributed by atoms with van der Waals surface area (Å²) in [5.74, 6) is 0. The van der Waals surface area contributed by atoms with Gasteiger partial charge in [-0.15, -0.1) is 0 Å². The van der Waals surface area contributed by atoms with Crippen molar-refractivity contribution in [2.75, 3.05) is 19.7 Å². The minimum atomic E-state index is -0.250. The third-order valence-corrected chi connectivity index (χ3v) is 3.81. The Bertz CT molecular complexity index is 176. The number of unbranched alkanes of at least 4 members (excludes halogenated alkanes) is 10. The summed E-state index contributed by atoms with van der Waals surface area (Å²) in [5.41, 5.74) is 0. The first-order valence-electron chi connectivity index (χ1n) is 8.81. The molecule has 1 unspecified atom stereocenters. The van der Waals surface area contributed by atoms with Gasteiger partial charge in [-0.1, -0.05) is 77.6 Å². The highest BCUT2D eigenvalue weighted by atomic mass is 16.3. The van der Waals surface area contributed by atoms with E-state index in [2.05, 4.69) is 12.2 Å². The van der Waals surface area contributed by atoms with Crippen molar-refractivity contribution in [3.05, 3.63) is 0 Å². The molecule has 0 aliphatic heterocycles. The van der Waals surface area contributed by atoms with E-state index in [-0.39, 0.29) is 12.7 Å². The van der Waals surface area contributed by atoms with Crippen LogP contribution >= 0.6 is 0 Å². The molecule has 0 aliphatic carbocycles. The molecule has 0 saturated heterocycles. The standard InChI is InChI=1S/C17H37NO2/c1-2-3-4-5-6-7-8-9-10-11-12-13-17(20)16-18-14-15-19/h17-20H,2-16H2,1H3.